The number of hydrogen-bond acceptors (Lipinski definition) is 4. The molecule has 4 rings (SSSR count). The third-order valence-corrected chi connectivity index (χ3v) is 6.63. The number of halogens is 4. The van der Waals surface area contributed by atoms with E-state index >= 15 is 0 Å². The van der Waals surface area contributed by atoms with E-state index in [0.717, 1.165) is 11.5 Å². The largest absolute Gasteiger partial charge is 0.378 e. The van der Waals surface area contributed by atoms with Crippen molar-refractivity contribution in [1.29, 1.82) is 0 Å². The minimum atomic E-state index is -0.941. The van der Waals surface area contributed by atoms with Gasteiger partial charge in [-0.1, -0.05) is 31.7 Å². The van der Waals surface area contributed by atoms with Crippen LogP contribution in [0.5, 0.6) is 0 Å². The SMILES string of the molecule is Cc1nc2cc(F)c(-c3ccc(P(C)C)nc3)nc2c(NCc2cccc(F)c2F)c1Cl. The Morgan fingerprint density at radius 2 is 1.81 bits per heavy atom. The van der Waals surface area contributed by atoms with E-state index in [1.54, 1.807) is 19.2 Å². The zero-order valence-electron chi connectivity index (χ0n) is 17.5. The average molecular weight is 475 g/mol. The Balaban J connectivity index is 1.80. The molecule has 32 heavy (non-hydrogen) atoms. The van der Waals surface area contributed by atoms with Crippen LogP contribution in [0, 0.1) is 24.4 Å². The van der Waals surface area contributed by atoms with Gasteiger partial charge in [0.15, 0.2) is 17.5 Å². The maximum absolute atomic E-state index is 14.9. The predicted molar refractivity (Wildman–Crippen MR) is 125 cm³/mol. The van der Waals surface area contributed by atoms with Gasteiger partial charge >= 0.3 is 0 Å². The quantitative estimate of drug-likeness (QED) is 0.358. The number of rotatable bonds is 5. The summed E-state index contributed by atoms with van der Waals surface area (Å²) in [5, 5.41) is 3.30. The highest BCUT2D eigenvalue weighted by Crippen LogP contribution is 2.34. The van der Waals surface area contributed by atoms with E-state index in [2.05, 4.69) is 33.6 Å². The van der Waals surface area contributed by atoms with Crippen LogP contribution >= 0.6 is 19.5 Å². The molecule has 0 spiro atoms. The van der Waals surface area contributed by atoms with Crippen molar-refractivity contribution in [2.45, 2.75) is 13.5 Å². The summed E-state index contributed by atoms with van der Waals surface area (Å²) in [5.41, 5.74) is 3.15. The third kappa shape index (κ3) is 4.27. The Bertz CT molecular complexity index is 1310. The lowest BCUT2D eigenvalue weighted by atomic mass is 10.1. The molecule has 0 aliphatic heterocycles. The van der Waals surface area contributed by atoms with Crippen LogP contribution in [0.15, 0.2) is 42.6 Å². The van der Waals surface area contributed by atoms with E-state index in [0.29, 0.717) is 28.0 Å². The first-order valence-corrected chi connectivity index (χ1v) is 12.3. The molecule has 1 aromatic carbocycles. The Morgan fingerprint density at radius 1 is 1.03 bits per heavy atom. The highest BCUT2D eigenvalue weighted by Gasteiger charge is 2.18. The molecule has 0 saturated heterocycles. The molecule has 0 aliphatic carbocycles. The molecule has 9 heteroatoms. The van der Waals surface area contributed by atoms with E-state index in [1.165, 1.54) is 18.2 Å². The van der Waals surface area contributed by atoms with Crippen LogP contribution in [-0.2, 0) is 6.54 Å². The average Bonchev–Trinajstić information content (AvgIpc) is 2.77. The molecule has 4 aromatic rings. The lowest BCUT2D eigenvalue weighted by molar-refractivity contribution is 0.500. The monoisotopic (exact) mass is 474 g/mol. The summed E-state index contributed by atoms with van der Waals surface area (Å²) in [6.45, 7) is 5.81. The van der Waals surface area contributed by atoms with Crippen molar-refractivity contribution < 1.29 is 13.2 Å². The Labute approximate surface area is 189 Å². The van der Waals surface area contributed by atoms with E-state index in [4.69, 9.17) is 11.6 Å². The van der Waals surface area contributed by atoms with Gasteiger partial charge in [-0.2, -0.15) is 0 Å². The van der Waals surface area contributed by atoms with Gasteiger partial charge in [0.2, 0.25) is 0 Å². The van der Waals surface area contributed by atoms with Crippen LogP contribution in [0.3, 0.4) is 0 Å². The van der Waals surface area contributed by atoms with Crippen molar-refractivity contribution in [3.63, 3.8) is 0 Å². The zero-order valence-corrected chi connectivity index (χ0v) is 19.2. The zero-order chi connectivity index (χ0) is 23.0. The Kier molecular flexibility index (Phi) is 6.31. The number of nitrogens with one attached hydrogen (secondary N) is 1. The summed E-state index contributed by atoms with van der Waals surface area (Å²) in [7, 11) is -0.378. The molecule has 164 valence electrons. The van der Waals surface area contributed by atoms with Gasteiger partial charge in [-0.3, -0.25) is 4.98 Å². The van der Waals surface area contributed by atoms with Gasteiger partial charge < -0.3 is 5.32 Å². The summed E-state index contributed by atoms with van der Waals surface area (Å²) in [6.07, 6.45) is 1.59. The van der Waals surface area contributed by atoms with Crippen molar-refractivity contribution in [3.8, 4) is 11.3 Å². The Hall–Kier alpha value is -2.76. The molecular formula is C23H19ClF3N4P. The maximum Gasteiger partial charge on any atom is 0.163 e. The van der Waals surface area contributed by atoms with Crippen LogP contribution in [0.1, 0.15) is 11.3 Å². The van der Waals surface area contributed by atoms with E-state index in [9.17, 15) is 13.2 Å². The minimum absolute atomic E-state index is 0.0386. The highest BCUT2D eigenvalue weighted by molar-refractivity contribution is 7.63. The van der Waals surface area contributed by atoms with Gasteiger partial charge in [-0.25, -0.2) is 23.1 Å². The summed E-state index contributed by atoms with van der Waals surface area (Å²) in [5.74, 6) is -2.42. The second-order valence-corrected chi connectivity index (χ2v) is 10.1. The van der Waals surface area contributed by atoms with Gasteiger partial charge in [-0.15, -0.1) is 0 Å². The summed E-state index contributed by atoms with van der Waals surface area (Å²) in [6, 6.07) is 8.87. The van der Waals surface area contributed by atoms with Crippen LogP contribution in [0.2, 0.25) is 5.02 Å². The molecule has 3 heterocycles. The van der Waals surface area contributed by atoms with E-state index in [1.807, 2.05) is 6.07 Å². The van der Waals surface area contributed by atoms with Crippen molar-refractivity contribution in [2.24, 2.45) is 0 Å². The molecular weight excluding hydrogens is 456 g/mol. The number of pyridine rings is 3. The molecule has 0 atom stereocenters. The number of nitrogens with zero attached hydrogens (tertiary/aromatic N) is 3. The molecule has 0 radical (unpaired) electrons. The van der Waals surface area contributed by atoms with Crippen molar-refractivity contribution >= 4 is 41.7 Å². The van der Waals surface area contributed by atoms with Crippen molar-refractivity contribution in [1.82, 2.24) is 15.0 Å². The van der Waals surface area contributed by atoms with Crippen LogP contribution in [-0.4, -0.2) is 28.3 Å². The smallest absolute Gasteiger partial charge is 0.163 e. The number of benzene rings is 1. The Morgan fingerprint density at radius 3 is 2.50 bits per heavy atom. The first-order valence-electron chi connectivity index (χ1n) is 9.73. The number of anilines is 1. The molecule has 0 bridgehead atoms. The maximum atomic E-state index is 14.9. The van der Waals surface area contributed by atoms with Gasteiger partial charge in [0, 0.05) is 29.9 Å². The van der Waals surface area contributed by atoms with Crippen molar-refractivity contribution in [2.75, 3.05) is 18.6 Å². The number of aromatic nitrogens is 3. The lowest BCUT2D eigenvalue weighted by Gasteiger charge is -2.15. The van der Waals surface area contributed by atoms with Gasteiger partial charge in [0.25, 0.3) is 0 Å². The first-order chi connectivity index (χ1) is 15.3. The number of hydrogen-bond donors (Lipinski definition) is 1. The highest BCUT2D eigenvalue weighted by atomic mass is 35.5. The number of aryl methyl sites for hydroxylation is 1. The third-order valence-electron chi connectivity index (χ3n) is 4.98. The fourth-order valence-electron chi connectivity index (χ4n) is 3.29. The van der Waals surface area contributed by atoms with Crippen LogP contribution in [0.4, 0.5) is 18.9 Å². The van der Waals surface area contributed by atoms with E-state index < -0.39 is 17.5 Å². The molecule has 0 aliphatic rings. The second-order valence-electron chi connectivity index (χ2n) is 7.44. The van der Waals surface area contributed by atoms with Crippen LogP contribution in [0.25, 0.3) is 22.3 Å². The molecule has 0 amide bonds. The molecule has 0 fully saturated rings. The van der Waals surface area contributed by atoms with Gasteiger partial charge in [0.05, 0.1) is 27.4 Å². The molecule has 1 N–H and O–H groups in total. The second kappa shape index (κ2) is 9.00. The molecule has 0 unspecified atom stereocenters. The fraction of sp³-hybridized carbons (Fsp3) is 0.174. The summed E-state index contributed by atoms with van der Waals surface area (Å²) >= 11 is 6.47. The first kappa shape index (κ1) is 22.4. The fourth-order valence-corrected chi connectivity index (χ4v) is 4.15. The van der Waals surface area contributed by atoms with Gasteiger partial charge in [0.1, 0.15) is 11.2 Å². The van der Waals surface area contributed by atoms with E-state index in [-0.39, 0.29) is 30.7 Å². The standard InChI is InChI=1S/C23H19ClF3N4P/c1-12-19(24)23(29-10-13-5-4-6-15(25)20(13)27)22-17(30-12)9-16(26)21(31-22)14-7-8-18(28-11-14)32(2)3/h4-9,11H,10H2,1-3H3,(H,29,30). The lowest BCUT2D eigenvalue weighted by Crippen LogP contribution is -2.07. The van der Waals surface area contributed by atoms with Gasteiger partial charge in [-0.05, 0) is 38.5 Å². The van der Waals surface area contributed by atoms with Crippen molar-refractivity contribution in [3.05, 3.63) is 76.3 Å². The van der Waals surface area contributed by atoms with Crippen LogP contribution < -0.4 is 10.8 Å². The topological polar surface area (TPSA) is 50.7 Å². The normalized spacial score (nSPS) is 11.4. The summed E-state index contributed by atoms with van der Waals surface area (Å²) < 4.78 is 42.6. The summed E-state index contributed by atoms with van der Waals surface area (Å²) in [4.78, 5) is 13.2. The molecule has 4 nitrogen and oxygen atoms in total. The predicted octanol–water partition coefficient (Wildman–Crippen LogP) is 6.05. The molecule has 0 saturated carbocycles. The minimum Gasteiger partial charge on any atom is -0.378 e. The molecule has 3 aromatic heterocycles. The number of fused-ring (bicyclic) bond motifs is 1.